The number of nitrogens with one attached hydrogen (secondary N) is 1. The third-order valence-corrected chi connectivity index (χ3v) is 7.14. The van der Waals surface area contributed by atoms with Gasteiger partial charge in [-0.25, -0.2) is 18.2 Å². The largest absolute Gasteiger partial charge is 0.453 e. The van der Waals surface area contributed by atoms with Gasteiger partial charge in [-0.05, 0) is 18.2 Å². The summed E-state index contributed by atoms with van der Waals surface area (Å²) in [6, 6.07) is 9.98. The second-order valence-corrected chi connectivity index (χ2v) is 8.72. The lowest BCUT2D eigenvalue weighted by molar-refractivity contribution is 0.170. The molecule has 1 aromatic carbocycles. The van der Waals surface area contributed by atoms with Gasteiger partial charge in [0.25, 0.3) is 0 Å². The fraction of sp³-hybridized carbons (Fsp3) is 0.176. The molecule has 2 heterocycles. The molecule has 0 aliphatic heterocycles. The van der Waals surface area contributed by atoms with E-state index in [1.165, 1.54) is 7.11 Å². The number of imidazole rings is 1. The smallest absolute Gasteiger partial charge is 0.407 e. The summed E-state index contributed by atoms with van der Waals surface area (Å²) >= 11 is 1.11. The molecule has 0 spiro atoms. The van der Waals surface area contributed by atoms with Gasteiger partial charge in [0.2, 0.25) is 9.84 Å². The maximum absolute atomic E-state index is 13.1. The standard InChI is InChI=1S/C17H17N3O4S2/c1-20-9-8-18-15(20)14-10-12(11-19-17(21)24-2)25-16(14)26(22,23)13-6-4-3-5-7-13/h3-10H,11H2,1-2H3,(H,19,21). The van der Waals surface area contributed by atoms with E-state index in [-0.39, 0.29) is 15.6 Å². The Morgan fingerprint density at radius 1 is 1.31 bits per heavy atom. The number of amides is 1. The topological polar surface area (TPSA) is 90.3 Å². The number of aryl methyl sites for hydroxylation is 1. The van der Waals surface area contributed by atoms with Crippen LogP contribution in [-0.2, 0) is 28.2 Å². The van der Waals surface area contributed by atoms with Crippen LogP contribution >= 0.6 is 11.3 Å². The molecular weight excluding hydrogens is 374 g/mol. The van der Waals surface area contributed by atoms with Crippen molar-refractivity contribution in [1.82, 2.24) is 14.9 Å². The van der Waals surface area contributed by atoms with Gasteiger partial charge < -0.3 is 14.6 Å². The Labute approximate surface area is 155 Å². The Bertz CT molecular complexity index is 1020. The zero-order valence-corrected chi connectivity index (χ0v) is 15.8. The number of hydrogen-bond donors (Lipinski definition) is 1. The predicted octanol–water partition coefficient (Wildman–Crippen LogP) is 2.84. The highest BCUT2D eigenvalue weighted by Gasteiger charge is 2.27. The summed E-state index contributed by atoms with van der Waals surface area (Å²) in [4.78, 5) is 16.5. The molecule has 0 atom stereocenters. The number of sulfone groups is 1. The fourth-order valence-corrected chi connectivity index (χ4v) is 5.47. The number of rotatable bonds is 5. The second-order valence-electron chi connectivity index (χ2n) is 5.44. The number of ether oxygens (including phenoxy) is 1. The van der Waals surface area contributed by atoms with Gasteiger partial charge >= 0.3 is 6.09 Å². The number of hydrogen-bond acceptors (Lipinski definition) is 6. The first kappa shape index (κ1) is 18.2. The van der Waals surface area contributed by atoms with E-state index in [9.17, 15) is 13.2 Å². The van der Waals surface area contributed by atoms with Crippen molar-refractivity contribution in [3.8, 4) is 11.4 Å². The van der Waals surface area contributed by atoms with Crippen molar-refractivity contribution in [3.05, 3.63) is 53.7 Å². The molecule has 3 rings (SSSR count). The summed E-state index contributed by atoms with van der Waals surface area (Å²) < 4.78 is 32.8. The summed E-state index contributed by atoms with van der Waals surface area (Å²) in [6.07, 6.45) is 2.78. The molecule has 9 heteroatoms. The van der Waals surface area contributed by atoms with Crippen LogP contribution in [0.2, 0.25) is 0 Å². The molecule has 136 valence electrons. The zero-order valence-electron chi connectivity index (χ0n) is 14.2. The number of methoxy groups -OCH3 is 1. The zero-order chi connectivity index (χ0) is 18.7. The van der Waals surface area contributed by atoms with Crippen molar-refractivity contribution in [3.63, 3.8) is 0 Å². The van der Waals surface area contributed by atoms with Crippen LogP contribution in [0.15, 0.2) is 57.9 Å². The number of benzene rings is 1. The lowest BCUT2D eigenvalue weighted by Crippen LogP contribution is -2.21. The predicted molar refractivity (Wildman–Crippen MR) is 97.7 cm³/mol. The average molecular weight is 391 g/mol. The molecule has 1 amide bonds. The Morgan fingerprint density at radius 2 is 2.04 bits per heavy atom. The fourth-order valence-electron chi connectivity index (χ4n) is 2.43. The number of nitrogens with zero attached hydrogens (tertiary/aromatic N) is 2. The second kappa shape index (κ2) is 7.30. The minimum absolute atomic E-state index is 0.166. The van der Waals surface area contributed by atoms with Gasteiger partial charge in [-0.2, -0.15) is 0 Å². The van der Waals surface area contributed by atoms with Crippen LogP contribution < -0.4 is 5.32 Å². The molecule has 0 unspecified atom stereocenters. The quantitative estimate of drug-likeness (QED) is 0.722. The van der Waals surface area contributed by atoms with E-state index in [0.717, 1.165) is 11.3 Å². The van der Waals surface area contributed by atoms with Crippen LogP contribution in [0, 0.1) is 0 Å². The van der Waals surface area contributed by atoms with Crippen molar-refractivity contribution < 1.29 is 17.9 Å². The third kappa shape index (κ3) is 3.49. The van der Waals surface area contributed by atoms with Crippen molar-refractivity contribution in [2.24, 2.45) is 7.05 Å². The molecule has 0 aliphatic rings. The molecule has 0 bridgehead atoms. The Morgan fingerprint density at radius 3 is 2.65 bits per heavy atom. The lowest BCUT2D eigenvalue weighted by atomic mass is 10.3. The van der Waals surface area contributed by atoms with Gasteiger partial charge in [0.05, 0.1) is 18.6 Å². The molecule has 2 aromatic heterocycles. The monoisotopic (exact) mass is 391 g/mol. The summed E-state index contributed by atoms with van der Waals surface area (Å²) in [5, 5.41) is 2.57. The molecule has 1 N–H and O–H groups in total. The van der Waals surface area contributed by atoms with Crippen LogP contribution in [0.5, 0.6) is 0 Å². The minimum Gasteiger partial charge on any atom is -0.453 e. The highest BCUT2D eigenvalue weighted by atomic mass is 32.2. The van der Waals surface area contributed by atoms with Crippen molar-refractivity contribution >= 4 is 27.3 Å². The molecule has 0 saturated carbocycles. The van der Waals surface area contributed by atoms with Crippen molar-refractivity contribution in [2.75, 3.05) is 7.11 Å². The van der Waals surface area contributed by atoms with Gasteiger partial charge in [-0.3, -0.25) is 0 Å². The van der Waals surface area contributed by atoms with Gasteiger partial charge in [0, 0.05) is 29.9 Å². The average Bonchev–Trinajstić information content (AvgIpc) is 3.26. The molecule has 0 aliphatic carbocycles. The molecule has 3 aromatic rings. The molecule has 0 fully saturated rings. The van der Waals surface area contributed by atoms with E-state index in [1.54, 1.807) is 60.4 Å². The molecule has 0 radical (unpaired) electrons. The van der Waals surface area contributed by atoms with Gasteiger partial charge in [0.1, 0.15) is 10.0 Å². The molecule has 0 saturated heterocycles. The van der Waals surface area contributed by atoms with E-state index in [4.69, 9.17) is 0 Å². The van der Waals surface area contributed by atoms with E-state index >= 15 is 0 Å². The van der Waals surface area contributed by atoms with Gasteiger partial charge in [-0.15, -0.1) is 11.3 Å². The van der Waals surface area contributed by atoms with E-state index < -0.39 is 15.9 Å². The lowest BCUT2D eigenvalue weighted by Gasteiger charge is -2.06. The third-order valence-electron chi connectivity index (χ3n) is 3.70. The Balaban J connectivity index is 2.09. The maximum Gasteiger partial charge on any atom is 0.407 e. The summed E-state index contributed by atoms with van der Waals surface area (Å²) in [7, 11) is -0.645. The minimum atomic E-state index is -3.71. The van der Waals surface area contributed by atoms with Gasteiger partial charge in [-0.1, -0.05) is 18.2 Å². The summed E-state index contributed by atoms with van der Waals surface area (Å²) in [6.45, 7) is 0.166. The Hall–Kier alpha value is -2.65. The first-order chi connectivity index (χ1) is 12.4. The van der Waals surface area contributed by atoms with Crippen LogP contribution in [0.3, 0.4) is 0 Å². The van der Waals surface area contributed by atoms with E-state index in [2.05, 4.69) is 15.0 Å². The molecular formula is C17H17N3O4S2. The van der Waals surface area contributed by atoms with Crippen LogP contribution in [0.1, 0.15) is 4.88 Å². The van der Waals surface area contributed by atoms with Crippen molar-refractivity contribution in [2.45, 2.75) is 15.6 Å². The Kier molecular flexibility index (Phi) is 5.10. The summed E-state index contributed by atoms with van der Waals surface area (Å²) in [5.74, 6) is 0.542. The van der Waals surface area contributed by atoms with Crippen LogP contribution in [0.4, 0.5) is 4.79 Å². The summed E-state index contributed by atoms with van der Waals surface area (Å²) in [5.41, 5.74) is 0.507. The number of alkyl carbamates (subject to hydrolysis) is 1. The SMILES string of the molecule is COC(=O)NCc1cc(-c2nccn2C)c(S(=O)(=O)c2ccccc2)s1. The molecule has 7 nitrogen and oxygen atoms in total. The van der Waals surface area contributed by atoms with Crippen LogP contribution in [0.25, 0.3) is 11.4 Å². The van der Waals surface area contributed by atoms with Crippen LogP contribution in [-0.4, -0.2) is 31.2 Å². The number of thiophene rings is 1. The number of carbonyl (C=O) groups excluding carboxylic acids is 1. The highest BCUT2D eigenvalue weighted by Crippen LogP contribution is 2.37. The molecule has 26 heavy (non-hydrogen) atoms. The normalized spacial score (nSPS) is 11.3. The van der Waals surface area contributed by atoms with Gasteiger partial charge in [0.15, 0.2) is 0 Å². The van der Waals surface area contributed by atoms with Crippen molar-refractivity contribution in [1.29, 1.82) is 0 Å². The number of aromatic nitrogens is 2. The maximum atomic E-state index is 13.1. The van der Waals surface area contributed by atoms with E-state index in [0.29, 0.717) is 16.3 Å². The first-order valence-electron chi connectivity index (χ1n) is 7.66. The number of carbonyl (C=O) groups is 1. The first-order valence-corrected chi connectivity index (χ1v) is 9.96. The van der Waals surface area contributed by atoms with E-state index in [1.807, 2.05) is 0 Å². The highest BCUT2D eigenvalue weighted by molar-refractivity contribution is 7.93.